The van der Waals surface area contributed by atoms with Crippen molar-refractivity contribution in [3.8, 4) is 5.75 Å². The molecule has 27 heavy (non-hydrogen) atoms. The summed E-state index contributed by atoms with van der Waals surface area (Å²) in [6.45, 7) is 2.41. The van der Waals surface area contributed by atoms with Gasteiger partial charge in [-0.2, -0.15) is 0 Å². The van der Waals surface area contributed by atoms with Crippen molar-refractivity contribution in [2.75, 3.05) is 0 Å². The smallest absolute Gasteiger partial charge is 0.316 e. The summed E-state index contributed by atoms with van der Waals surface area (Å²) in [6.07, 6.45) is 0. The second-order valence-electron chi connectivity index (χ2n) is 5.81. The van der Waals surface area contributed by atoms with Crippen molar-refractivity contribution in [1.29, 1.82) is 0 Å². The van der Waals surface area contributed by atoms with E-state index < -0.39 is 11.2 Å². The third-order valence-electron chi connectivity index (χ3n) is 3.79. The normalized spacial score (nSPS) is 11.9. The van der Waals surface area contributed by atoms with E-state index in [9.17, 15) is 9.90 Å². The molecule has 0 spiro atoms. The van der Waals surface area contributed by atoms with Gasteiger partial charge >= 0.3 is 5.97 Å². The van der Waals surface area contributed by atoms with Crippen LogP contribution in [0.15, 0.2) is 64.2 Å². The highest BCUT2D eigenvalue weighted by atomic mass is 79.9. The molecule has 0 saturated heterocycles. The molecule has 1 atom stereocenters. The SMILES string of the molecule is C[C@H](Sc1nnc(COc2ccc(Br)cc2)n1Cc1ccccc1)C(=O)O. The summed E-state index contributed by atoms with van der Waals surface area (Å²) in [5, 5.41) is 17.5. The van der Waals surface area contributed by atoms with Crippen LogP contribution in [-0.4, -0.2) is 31.1 Å². The molecule has 0 aliphatic carbocycles. The van der Waals surface area contributed by atoms with Crippen LogP contribution in [0.3, 0.4) is 0 Å². The molecule has 0 unspecified atom stereocenters. The molecule has 0 fully saturated rings. The number of ether oxygens (including phenoxy) is 1. The van der Waals surface area contributed by atoms with Crippen LogP contribution in [0.2, 0.25) is 0 Å². The largest absolute Gasteiger partial charge is 0.486 e. The molecule has 1 aromatic heterocycles. The van der Waals surface area contributed by atoms with Gasteiger partial charge in [0.15, 0.2) is 11.0 Å². The third-order valence-corrected chi connectivity index (χ3v) is 5.39. The number of rotatable bonds is 8. The number of carbonyl (C=O) groups is 1. The van der Waals surface area contributed by atoms with Crippen LogP contribution in [0, 0.1) is 0 Å². The zero-order valence-electron chi connectivity index (χ0n) is 14.6. The summed E-state index contributed by atoms with van der Waals surface area (Å²) in [5.74, 6) is 0.476. The monoisotopic (exact) mass is 447 g/mol. The fourth-order valence-electron chi connectivity index (χ4n) is 2.32. The topological polar surface area (TPSA) is 77.2 Å². The summed E-state index contributed by atoms with van der Waals surface area (Å²) in [5.41, 5.74) is 1.08. The van der Waals surface area contributed by atoms with Gasteiger partial charge < -0.3 is 9.84 Å². The minimum absolute atomic E-state index is 0.240. The highest BCUT2D eigenvalue weighted by Gasteiger charge is 2.20. The highest BCUT2D eigenvalue weighted by Crippen LogP contribution is 2.24. The molecule has 0 bridgehead atoms. The number of carboxylic acids is 1. The molecule has 0 aliphatic rings. The number of benzene rings is 2. The number of aromatic nitrogens is 3. The van der Waals surface area contributed by atoms with E-state index in [4.69, 9.17) is 4.74 Å². The molecule has 1 heterocycles. The van der Waals surface area contributed by atoms with Crippen LogP contribution in [-0.2, 0) is 17.9 Å². The lowest BCUT2D eigenvalue weighted by Crippen LogP contribution is -2.14. The molecule has 0 aliphatic heterocycles. The lowest BCUT2D eigenvalue weighted by molar-refractivity contribution is -0.136. The average Bonchev–Trinajstić information content (AvgIpc) is 3.03. The van der Waals surface area contributed by atoms with E-state index >= 15 is 0 Å². The van der Waals surface area contributed by atoms with Gasteiger partial charge in [0.05, 0.1) is 6.54 Å². The van der Waals surface area contributed by atoms with Crippen molar-refractivity contribution < 1.29 is 14.6 Å². The first kappa shape index (κ1) is 19.4. The van der Waals surface area contributed by atoms with Crippen molar-refractivity contribution in [1.82, 2.24) is 14.8 Å². The van der Waals surface area contributed by atoms with Gasteiger partial charge in [-0.1, -0.05) is 58.0 Å². The minimum atomic E-state index is -0.887. The maximum Gasteiger partial charge on any atom is 0.316 e. The maximum absolute atomic E-state index is 11.2. The van der Waals surface area contributed by atoms with E-state index in [-0.39, 0.29) is 6.61 Å². The van der Waals surface area contributed by atoms with Crippen LogP contribution in [0.4, 0.5) is 0 Å². The molecular formula is C19H18BrN3O3S. The van der Waals surface area contributed by atoms with Gasteiger partial charge in [0, 0.05) is 4.47 Å². The standard InChI is InChI=1S/C19H18BrN3O3S/c1-13(18(24)25)27-19-22-21-17(12-26-16-9-7-15(20)8-10-16)23(19)11-14-5-3-2-4-6-14/h2-10,13H,11-12H2,1H3,(H,24,25)/t13-/m0/s1. The number of hydrogen-bond donors (Lipinski definition) is 1. The Labute approximate surface area is 169 Å². The Bertz CT molecular complexity index is 900. The van der Waals surface area contributed by atoms with E-state index in [0.29, 0.717) is 17.5 Å². The van der Waals surface area contributed by atoms with Crippen LogP contribution in [0.25, 0.3) is 0 Å². The molecule has 3 rings (SSSR count). The van der Waals surface area contributed by atoms with E-state index in [1.807, 2.05) is 59.2 Å². The fourth-order valence-corrected chi connectivity index (χ4v) is 3.39. The summed E-state index contributed by atoms with van der Waals surface area (Å²) in [7, 11) is 0. The first-order valence-corrected chi connectivity index (χ1v) is 9.94. The number of thioether (sulfide) groups is 1. The van der Waals surface area contributed by atoms with Gasteiger partial charge in [0.1, 0.15) is 17.6 Å². The van der Waals surface area contributed by atoms with E-state index in [1.165, 1.54) is 11.8 Å². The first-order valence-electron chi connectivity index (χ1n) is 8.27. The molecule has 0 amide bonds. The zero-order valence-corrected chi connectivity index (χ0v) is 17.0. The summed E-state index contributed by atoms with van der Waals surface area (Å²) in [6, 6.07) is 17.4. The second-order valence-corrected chi connectivity index (χ2v) is 8.04. The van der Waals surface area contributed by atoms with Crippen LogP contribution >= 0.6 is 27.7 Å². The Morgan fingerprint density at radius 1 is 1.19 bits per heavy atom. The Kier molecular flexibility index (Phi) is 6.52. The third kappa shape index (κ3) is 5.33. The quantitative estimate of drug-likeness (QED) is 0.520. The highest BCUT2D eigenvalue weighted by molar-refractivity contribution is 9.10. The van der Waals surface area contributed by atoms with Crippen LogP contribution in [0.5, 0.6) is 5.75 Å². The summed E-state index contributed by atoms with van der Waals surface area (Å²) in [4.78, 5) is 11.2. The molecular weight excluding hydrogens is 430 g/mol. The lowest BCUT2D eigenvalue weighted by Gasteiger charge is -2.12. The number of nitrogens with zero attached hydrogens (tertiary/aromatic N) is 3. The molecule has 2 aromatic carbocycles. The van der Waals surface area contributed by atoms with Crippen molar-refractivity contribution >= 4 is 33.7 Å². The van der Waals surface area contributed by atoms with Crippen molar-refractivity contribution in [2.24, 2.45) is 0 Å². The number of aliphatic carboxylic acids is 1. The molecule has 3 aromatic rings. The van der Waals surface area contributed by atoms with Gasteiger partial charge in [-0.05, 0) is 36.8 Å². The van der Waals surface area contributed by atoms with Crippen molar-refractivity contribution in [2.45, 2.75) is 30.5 Å². The van der Waals surface area contributed by atoms with E-state index in [2.05, 4.69) is 26.1 Å². The van der Waals surface area contributed by atoms with Crippen molar-refractivity contribution in [3.05, 3.63) is 70.5 Å². The van der Waals surface area contributed by atoms with Gasteiger partial charge in [-0.15, -0.1) is 10.2 Å². The lowest BCUT2D eigenvalue weighted by atomic mass is 10.2. The molecule has 8 heteroatoms. The molecule has 140 valence electrons. The van der Waals surface area contributed by atoms with Gasteiger partial charge in [0.2, 0.25) is 0 Å². The Hall–Kier alpha value is -2.32. The maximum atomic E-state index is 11.2. The van der Waals surface area contributed by atoms with E-state index in [1.54, 1.807) is 6.92 Å². The van der Waals surface area contributed by atoms with Gasteiger partial charge in [0.25, 0.3) is 0 Å². The average molecular weight is 448 g/mol. The zero-order chi connectivity index (χ0) is 19.2. The van der Waals surface area contributed by atoms with Gasteiger partial charge in [-0.3, -0.25) is 9.36 Å². The predicted molar refractivity (Wildman–Crippen MR) is 107 cm³/mol. The molecule has 0 radical (unpaired) electrons. The minimum Gasteiger partial charge on any atom is -0.486 e. The second kappa shape index (κ2) is 9.05. The fraction of sp³-hybridized carbons (Fsp3) is 0.211. The summed E-state index contributed by atoms with van der Waals surface area (Å²) >= 11 is 4.57. The predicted octanol–water partition coefficient (Wildman–Crippen LogP) is 4.23. The van der Waals surface area contributed by atoms with Crippen LogP contribution < -0.4 is 4.74 Å². The molecule has 1 N–H and O–H groups in total. The summed E-state index contributed by atoms with van der Waals surface area (Å²) < 4.78 is 8.70. The Morgan fingerprint density at radius 2 is 1.89 bits per heavy atom. The molecule has 0 saturated carbocycles. The Balaban J connectivity index is 1.82. The first-order chi connectivity index (χ1) is 13.0. The van der Waals surface area contributed by atoms with Crippen LogP contribution in [0.1, 0.15) is 18.3 Å². The van der Waals surface area contributed by atoms with Crippen molar-refractivity contribution in [3.63, 3.8) is 0 Å². The number of halogens is 1. The number of carboxylic acid groups (broad SMARTS) is 1. The number of hydrogen-bond acceptors (Lipinski definition) is 5. The van der Waals surface area contributed by atoms with E-state index in [0.717, 1.165) is 15.8 Å². The molecule has 6 nitrogen and oxygen atoms in total. The Morgan fingerprint density at radius 3 is 2.56 bits per heavy atom. The van der Waals surface area contributed by atoms with Gasteiger partial charge in [-0.25, -0.2) is 0 Å².